The summed E-state index contributed by atoms with van der Waals surface area (Å²) in [6, 6.07) is 13.1. The molecule has 0 fully saturated rings. The molecule has 1 aliphatic heterocycles. The van der Waals surface area contributed by atoms with Gasteiger partial charge in [0.1, 0.15) is 5.75 Å². The van der Waals surface area contributed by atoms with Crippen molar-refractivity contribution in [3.05, 3.63) is 76.9 Å². The van der Waals surface area contributed by atoms with Gasteiger partial charge in [0, 0.05) is 11.8 Å². The lowest BCUT2D eigenvalue weighted by Gasteiger charge is -2.09. The van der Waals surface area contributed by atoms with Crippen molar-refractivity contribution in [2.45, 2.75) is 18.9 Å². The van der Waals surface area contributed by atoms with Crippen LogP contribution < -0.4 is 0 Å². The Morgan fingerprint density at radius 2 is 2.04 bits per heavy atom. The maximum atomic E-state index is 10.9. The molecule has 25 heavy (non-hydrogen) atoms. The maximum Gasteiger partial charge on any atom is 0.305 e. The minimum atomic E-state index is -0.840. The van der Waals surface area contributed by atoms with Crippen LogP contribution in [0, 0.1) is 0 Å². The zero-order valence-corrected chi connectivity index (χ0v) is 13.5. The Labute approximate surface area is 145 Å². The van der Waals surface area contributed by atoms with Gasteiger partial charge in [-0.25, -0.2) is 0 Å². The molecular formula is C21H17NO3. The Bertz CT molecular complexity index is 953. The van der Waals surface area contributed by atoms with E-state index in [-0.39, 0.29) is 12.5 Å². The molecule has 1 aliphatic carbocycles. The molecule has 0 bridgehead atoms. The molecule has 2 aliphatic rings. The number of allylic oxidation sites excluding steroid dienone is 4. The highest BCUT2D eigenvalue weighted by atomic mass is 16.4. The number of carboxylic acid groups (broad SMARTS) is 1. The van der Waals surface area contributed by atoms with Gasteiger partial charge in [-0.15, -0.1) is 0 Å². The van der Waals surface area contributed by atoms with Gasteiger partial charge in [-0.1, -0.05) is 42.5 Å². The lowest BCUT2D eigenvalue weighted by Crippen LogP contribution is -2.02. The molecule has 0 spiro atoms. The van der Waals surface area contributed by atoms with E-state index < -0.39 is 5.97 Å². The highest BCUT2D eigenvalue weighted by molar-refractivity contribution is 5.93. The van der Waals surface area contributed by atoms with Crippen LogP contribution in [0.1, 0.15) is 41.1 Å². The number of fused-ring (bicyclic) bond motifs is 1. The molecule has 4 nitrogen and oxygen atoms in total. The number of aromatic hydroxyl groups is 1. The summed E-state index contributed by atoms with van der Waals surface area (Å²) in [5.41, 5.74) is 6.08. The van der Waals surface area contributed by atoms with Crippen molar-refractivity contribution in [3.63, 3.8) is 0 Å². The number of phenols is 1. The predicted octanol–water partition coefficient (Wildman–Crippen LogP) is 4.21. The molecule has 4 heteroatoms. The normalized spacial score (nSPS) is 18.0. The van der Waals surface area contributed by atoms with E-state index in [0.29, 0.717) is 5.75 Å². The summed E-state index contributed by atoms with van der Waals surface area (Å²) in [4.78, 5) is 15.2. The van der Waals surface area contributed by atoms with Crippen molar-refractivity contribution in [1.29, 1.82) is 0 Å². The van der Waals surface area contributed by atoms with Gasteiger partial charge in [0.25, 0.3) is 0 Å². The standard InChI is InChI=1S/C21H17NO3/c23-20-4-2-1-3-18(20)15-6-5-13(9-15)14-7-8-17-16(10-14)12-22-19(17)11-21(24)25/h1-5,7-10,12,19,23H,6,11H2,(H,24,25). The van der Waals surface area contributed by atoms with Crippen LogP contribution in [-0.2, 0) is 4.79 Å². The third-order valence-corrected chi connectivity index (χ3v) is 4.66. The van der Waals surface area contributed by atoms with Crippen molar-refractivity contribution in [1.82, 2.24) is 0 Å². The number of hydrogen-bond donors (Lipinski definition) is 2. The molecule has 2 N–H and O–H groups in total. The number of phenolic OH excluding ortho intramolecular Hbond substituents is 1. The lowest BCUT2D eigenvalue weighted by atomic mass is 9.96. The Kier molecular flexibility index (Phi) is 3.73. The molecule has 1 heterocycles. The van der Waals surface area contributed by atoms with Crippen molar-refractivity contribution < 1.29 is 15.0 Å². The maximum absolute atomic E-state index is 10.9. The fraction of sp³-hybridized carbons (Fsp3) is 0.143. The molecule has 2 aromatic rings. The van der Waals surface area contributed by atoms with Crippen LogP contribution in [0.5, 0.6) is 5.75 Å². The summed E-state index contributed by atoms with van der Waals surface area (Å²) >= 11 is 0. The fourth-order valence-corrected chi connectivity index (χ4v) is 3.41. The number of nitrogens with zero attached hydrogens (tertiary/aromatic N) is 1. The largest absolute Gasteiger partial charge is 0.507 e. The van der Waals surface area contributed by atoms with E-state index in [9.17, 15) is 9.90 Å². The van der Waals surface area contributed by atoms with E-state index in [0.717, 1.165) is 39.8 Å². The first-order valence-electron chi connectivity index (χ1n) is 8.20. The molecule has 2 aromatic carbocycles. The monoisotopic (exact) mass is 331 g/mol. The van der Waals surface area contributed by atoms with Gasteiger partial charge in [-0.05, 0) is 46.4 Å². The first-order chi connectivity index (χ1) is 12.1. The van der Waals surface area contributed by atoms with Crippen LogP contribution in [0.25, 0.3) is 11.1 Å². The average molecular weight is 331 g/mol. The van der Waals surface area contributed by atoms with Crippen LogP contribution in [-0.4, -0.2) is 22.4 Å². The van der Waals surface area contributed by atoms with E-state index in [1.165, 1.54) is 0 Å². The van der Waals surface area contributed by atoms with Crippen LogP contribution in [0.15, 0.2) is 59.6 Å². The van der Waals surface area contributed by atoms with E-state index in [1.54, 1.807) is 12.3 Å². The molecular weight excluding hydrogens is 314 g/mol. The quantitative estimate of drug-likeness (QED) is 0.881. The summed E-state index contributed by atoms with van der Waals surface area (Å²) in [6.45, 7) is 0. The van der Waals surface area contributed by atoms with Crippen molar-refractivity contribution in [2.24, 2.45) is 4.99 Å². The second-order valence-electron chi connectivity index (χ2n) is 6.29. The summed E-state index contributed by atoms with van der Waals surface area (Å²) in [7, 11) is 0. The Morgan fingerprint density at radius 1 is 1.20 bits per heavy atom. The van der Waals surface area contributed by atoms with E-state index in [2.05, 4.69) is 23.2 Å². The first kappa shape index (κ1) is 15.4. The van der Waals surface area contributed by atoms with Crippen LogP contribution in [0.2, 0.25) is 0 Å². The van der Waals surface area contributed by atoms with Gasteiger partial charge in [0.15, 0.2) is 0 Å². The van der Waals surface area contributed by atoms with Gasteiger partial charge in [-0.3, -0.25) is 9.79 Å². The third-order valence-electron chi connectivity index (χ3n) is 4.66. The topological polar surface area (TPSA) is 69.9 Å². The number of aliphatic carboxylic acids is 1. The van der Waals surface area contributed by atoms with Gasteiger partial charge < -0.3 is 10.2 Å². The minimum Gasteiger partial charge on any atom is -0.507 e. The first-order valence-corrected chi connectivity index (χ1v) is 8.20. The molecule has 0 saturated carbocycles. The minimum absolute atomic E-state index is 0.0167. The predicted molar refractivity (Wildman–Crippen MR) is 97.7 cm³/mol. The van der Waals surface area contributed by atoms with Crippen LogP contribution in [0.3, 0.4) is 0 Å². The average Bonchev–Trinajstić information content (AvgIpc) is 3.22. The van der Waals surface area contributed by atoms with Crippen LogP contribution in [0.4, 0.5) is 0 Å². The highest BCUT2D eigenvalue weighted by Gasteiger charge is 2.22. The summed E-state index contributed by atoms with van der Waals surface area (Å²) in [5.74, 6) is -0.547. The van der Waals surface area contributed by atoms with Gasteiger partial charge in [0.05, 0.1) is 12.5 Å². The second kappa shape index (κ2) is 6.06. The SMILES string of the molecule is O=C(O)CC1N=Cc2cc(C3=CCC(c4ccccc4O)=C3)ccc21. The van der Waals surface area contributed by atoms with E-state index in [1.807, 2.05) is 30.3 Å². The number of para-hydroxylation sites is 1. The number of benzene rings is 2. The lowest BCUT2D eigenvalue weighted by molar-refractivity contribution is -0.137. The second-order valence-corrected chi connectivity index (χ2v) is 6.29. The van der Waals surface area contributed by atoms with Gasteiger partial charge >= 0.3 is 5.97 Å². The fourth-order valence-electron chi connectivity index (χ4n) is 3.41. The number of hydrogen-bond acceptors (Lipinski definition) is 3. The molecule has 0 radical (unpaired) electrons. The molecule has 1 unspecified atom stereocenters. The Morgan fingerprint density at radius 3 is 2.84 bits per heavy atom. The number of aliphatic imine (C=N–C) groups is 1. The van der Waals surface area contributed by atoms with Crippen molar-refractivity contribution in [3.8, 4) is 5.75 Å². The number of carbonyl (C=O) groups is 1. The third kappa shape index (κ3) is 2.87. The van der Waals surface area contributed by atoms with Crippen molar-refractivity contribution >= 4 is 23.3 Å². The van der Waals surface area contributed by atoms with Crippen molar-refractivity contribution in [2.75, 3.05) is 0 Å². The number of rotatable bonds is 4. The van der Waals surface area contributed by atoms with Gasteiger partial charge in [-0.2, -0.15) is 0 Å². The molecule has 124 valence electrons. The molecule has 1 atom stereocenters. The zero-order chi connectivity index (χ0) is 17.4. The molecule has 0 amide bonds. The summed E-state index contributed by atoms with van der Waals surface area (Å²) in [6.07, 6.45) is 6.79. The van der Waals surface area contributed by atoms with E-state index in [4.69, 9.17) is 5.11 Å². The molecule has 0 aromatic heterocycles. The zero-order valence-electron chi connectivity index (χ0n) is 13.5. The van der Waals surface area contributed by atoms with E-state index >= 15 is 0 Å². The summed E-state index contributed by atoms with van der Waals surface area (Å²) < 4.78 is 0. The van der Waals surface area contributed by atoms with Gasteiger partial charge in [0.2, 0.25) is 0 Å². The van der Waals surface area contributed by atoms with Crippen LogP contribution >= 0.6 is 0 Å². The highest BCUT2D eigenvalue weighted by Crippen LogP contribution is 2.37. The molecule has 0 saturated heterocycles. The smallest absolute Gasteiger partial charge is 0.305 e. The Balaban J connectivity index is 1.61. The number of carboxylic acids is 1. The molecule has 4 rings (SSSR count). The Hall–Kier alpha value is -3.14. The summed E-state index contributed by atoms with van der Waals surface area (Å²) in [5, 5.41) is 19.0.